The van der Waals surface area contributed by atoms with E-state index in [1.54, 1.807) is 0 Å². The maximum absolute atomic E-state index is 12.6. The van der Waals surface area contributed by atoms with Crippen LogP contribution in [0.25, 0.3) is 5.69 Å². The van der Waals surface area contributed by atoms with E-state index in [9.17, 15) is 13.2 Å². The Kier molecular flexibility index (Phi) is 3.66. The molecule has 1 saturated carbocycles. The van der Waals surface area contributed by atoms with Gasteiger partial charge < -0.3 is 0 Å². The van der Waals surface area contributed by atoms with Gasteiger partial charge in [0.05, 0.1) is 22.8 Å². The first-order valence-electron chi connectivity index (χ1n) is 6.42. The van der Waals surface area contributed by atoms with Gasteiger partial charge in [0.2, 0.25) is 0 Å². The van der Waals surface area contributed by atoms with Gasteiger partial charge in [0.1, 0.15) is 5.15 Å². The minimum Gasteiger partial charge on any atom is -0.222 e. The molecule has 1 aliphatic rings. The lowest BCUT2D eigenvalue weighted by atomic mass is 10.2. The molecule has 1 aromatic carbocycles. The zero-order valence-electron chi connectivity index (χ0n) is 10.8. The molecule has 0 atom stereocenters. The van der Waals surface area contributed by atoms with Crippen molar-refractivity contribution in [2.75, 3.05) is 0 Å². The topological polar surface area (TPSA) is 17.8 Å². The number of aromatic nitrogens is 2. The number of alkyl halides is 4. The highest BCUT2D eigenvalue weighted by Gasteiger charge is 2.32. The molecular weight excluding hydrogens is 324 g/mol. The molecule has 0 radical (unpaired) electrons. The molecule has 1 aliphatic carbocycles. The van der Waals surface area contributed by atoms with Crippen LogP contribution in [-0.2, 0) is 12.1 Å². The molecule has 0 spiro atoms. The molecule has 2 nitrogen and oxygen atoms in total. The van der Waals surface area contributed by atoms with Crippen molar-refractivity contribution in [3.63, 3.8) is 0 Å². The maximum Gasteiger partial charge on any atom is 0.416 e. The standard InChI is InChI=1S/C14H11Cl2F3N2/c15-7-11-12(8-1-2-8)20-21(13(11)16)10-5-3-9(4-6-10)14(17,18)19/h3-6,8H,1-2,7H2. The van der Waals surface area contributed by atoms with Crippen LogP contribution >= 0.6 is 23.2 Å². The maximum atomic E-state index is 12.6. The highest BCUT2D eigenvalue weighted by Crippen LogP contribution is 2.43. The molecule has 112 valence electrons. The summed E-state index contributed by atoms with van der Waals surface area (Å²) in [7, 11) is 0. The lowest BCUT2D eigenvalue weighted by Crippen LogP contribution is -2.05. The first-order valence-corrected chi connectivity index (χ1v) is 7.34. The predicted molar refractivity (Wildman–Crippen MR) is 75.1 cm³/mol. The van der Waals surface area contributed by atoms with Crippen LogP contribution in [0, 0.1) is 0 Å². The van der Waals surface area contributed by atoms with Gasteiger partial charge >= 0.3 is 6.18 Å². The van der Waals surface area contributed by atoms with Gasteiger partial charge in [-0.05, 0) is 37.1 Å². The van der Waals surface area contributed by atoms with Crippen molar-refractivity contribution in [3.05, 3.63) is 46.2 Å². The van der Waals surface area contributed by atoms with Crippen LogP contribution in [0.15, 0.2) is 24.3 Å². The van der Waals surface area contributed by atoms with Gasteiger partial charge in [-0.15, -0.1) is 11.6 Å². The van der Waals surface area contributed by atoms with Crippen molar-refractivity contribution >= 4 is 23.2 Å². The third-order valence-corrected chi connectivity index (χ3v) is 4.14. The molecule has 0 aliphatic heterocycles. The SMILES string of the molecule is FC(F)(F)c1ccc(-n2nc(C3CC3)c(CCl)c2Cl)cc1. The molecule has 21 heavy (non-hydrogen) atoms. The first kappa shape index (κ1) is 14.7. The van der Waals surface area contributed by atoms with Crippen molar-refractivity contribution < 1.29 is 13.2 Å². The van der Waals surface area contributed by atoms with Crippen molar-refractivity contribution in [2.24, 2.45) is 0 Å². The molecule has 3 rings (SSSR count). The van der Waals surface area contributed by atoms with Crippen LogP contribution in [0.5, 0.6) is 0 Å². The quantitative estimate of drug-likeness (QED) is 0.709. The fourth-order valence-electron chi connectivity index (χ4n) is 2.22. The van der Waals surface area contributed by atoms with Crippen LogP contribution in [-0.4, -0.2) is 9.78 Å². The van der Waals surface area contributed by atoms with Crippen LogP contribution < -0.4 is 0 Å². The lowest BCUT2D eigenvalue weighted by Gasteiger charge is -2.08. The Balaban J connectivity index is 2.00. The Morgan fingerprint density at radius 1 is 1.19 bits per heavy atom. The summed E-state index contributed by atoms with van der Waals surface area (Å²) in [6.07, 6.45) is -2.26. The molecule has 0 amide bonds. The minimum absolute atomic E-state index is 0.241. The molecule has 1 aromatic heterocycles. The first-order chi connectivity index (χ1) is 9.91. The molecule has 0 saturated heterocycles. The monoisotopic (exact) mass is 334 g/mol. The number of hydrogen-bond acceptors (Lipinski definition) is 1. The van der Waals surface area contributed by atoms with Crippen molar-refractivity contribution in [1.82, 2.24) is 9.78 Å². The molecule has 0 unspecified atom stereocenters. The van der Waals surface area contributed by atoms with E-state index in [0.717, 1.165) is 36.2 Å². The van der Waals surface area contributed by atoms with E-state index in [2.05, 4.69) is 5.10 Å². The van der Waals surface area contributed by atoms with Gasteiger partial charge in [-0.1, -0.05) is 11.6 Å². The van der Waals surface area contributed by atoms with E-state index >= 15 is 0 Å². The number of halogens is 5. The second-order valence-corrected chi connectivity index (χ2v) is 5.64. The molecular formula is C14H11Cl2F3N2. The Morgan fingerprint density at radius 2 is 1.81 bits per heavy atom. The van der Waals surface area contributed by atoms with Gasteiger partial charge in [0.15, 0.2) is 0 Å². The molecule has 0 N–H and O–H groups in total. The second kappa shape index (κ2) is 5.21. The van der Waals surface area contributed by atoms with Crippen molar-refractivity contribution in [3.8, 4) is 5.69 Å². The Bertz CT molecular complexity index is 658. The van der Waals surface area contributed by atoms with Gasteiger partial charge in [-0.2, -0.15) is 18.3 Å². The van der Waals surface area contributed by atoms with E-state index in [1.807, 2.05) is 0 Å². The molecule has 1 fully saturated rings. The van der Waals surface area contributed by atoms with E-state index in [-0.39, 0.29) is 5.88 Å². The molecule has 2 aromatic rings. The van der Waals surface area contributed by atoms with Crippen LogP contribution in [0.4, 0.5) is 13.2 Å². The van der Waals surface area contributed by atoms with Crippen LogP contribution in [0.2, 0.25) is 5.15 Å². The lowest BCUT2D eigenvalue weighted by molar-refractivity contribution is -0.137. The number of benzene rings is 1. The summed E-state index contributed by atoms with van der Waals surface area (Å²) >= 11 is 12.2. The summed E-state index contributed by atoms with van der Waals surface area (Å²) in [4.78, 5) is 0. The number of rotatable bonds is 3. The highest BCUT2D eigenvalue weighted by molar-refractivity contribution is 6.31. The van der Waals surface area contributed by atoms with Crippen LogP contribution in [0.1, 0.15) is 35.6 Å². The number of nitrogens with zero attached hydrogens (tertiary/aromatic N) is 2. The average molecular weight is 335 g/mol. The zero-order chi connectivity index (χ0) is 15.2. The summed E-state index contributed by atoms with van der Waals surface area (Å²) in [6, 6.07) is 4.75. The van der Waals surface area contributed by atoms with Gasteiger partial charge in [-0.3, -0.25) is 0 Å². The van der Waals surface area contributed by atoms with E-state index in [0.29, 0.717) is 16.8 Å². The smallest absolute Gasteiger partial charge is 0.222 e. The fraction of sp³-hybridized carbons (Fsp3) is 0.357. The summed E-state index contributed by atoms with van der Waals surface area (Å²) in [5.41, 5.74) is 1.41. The summed E-state index contributed by atoms with van der Waals surface area (Å²) in [6.45, 7) is 0. The normalized spacial score (nSPS) is 15.5. The molecule has 0 bridgehead atoms. The number of hydrogen-bond donors (Lipinski definition) is 0. The summed E-state index contributed by atoms with van der Waals surface area (Å²) in [5.74, 6) is 0.609. The van der Waals surface area contributed by atoms with Gasteiger partial charge in [0, 0.05) is 11.5 Å². The molecule has 7 heteroatoms. The summed E-state index contributed by atoms with van der Waals surface area (Å²) in [5, 5.41) is 4.79. The van der Waals surface area contributed by atoms with E-state index in [1.165, 1.54) is 16.8 Å². The largest absolute Gasteiger partial charge is 0.416 e. The second-order valence-electron chi connectivity index (χ2n) is 5.02. The van der Waals surface area contributed by atoms with E-state index in [4.69, 9.17) is 23.2 Å². The minimum atomic E-state index is -4.35. The van der Waals surface area contributed by atoms with Gasteiger partial charge in [-0.25, -0.2) is 4.68 Å². The van der Waals surface area contributed by atoms with Crippen LogP contribution in [0.3, 0.4) is 0 Å². The summed E-state index contributed by atoms with van der Waals surface area (Å²) < 4.78 is 39.2. The average Bonchev–Trinajstić information content (AvgIpc) is 3.22. The van der Waals surface area contributed by atoms with Gasteiger partial charge in [0.25, 0.3) is 0 Å². The van der Waals surface area contributed by atoms with E-state index < -0.39 is 11.7 Å². The predicted octanol–water partition coefficient (Wildman–Crippen LogP) is 5.16. The fourth-order valence-corrected chi connectivity index (χ4v) is 2.85. The Labute approximate surface area is 129 Å². The highest BCUT2D eigenvalue weighted by atomic mass is 35.5. The third-order valence-electron chi connectivity index (χ3n) is 3.49. The van der Waals surface area contributed by atoms with Crippen molar-refractivity contribution in [1.29, 1.82) is 0 Å². The zero-order valence-corrected chi connectivity index (χ0v) is 12.3. The Hall–Kier alpha value is -1.20. The van der Waals surface area contributed by atoms with Crippen molar-refractivity contribution in [2.45, 2.75) is 30.8 Å². The molecule has 1 heterocycles. The Morgan fingerprint density at radius 3 is 2.29 bits per heavy atom. The third kappa shape index (κ3) is 2.77.